The number of ether oxygens (including phenoxy) is 2. The summed E-state index contributed by atoms with van der Waals surface area (Å²) >= 11 is 0. The van der Waals surface area contributed by atoms with E-state index in [9.17, 15) is 4.21 Å². The van der Waals surface area contributed by atoms with Crippen molar-refractivity contribution in [3.8, 4) is 11.5 Å². The number of methoxy groups -OCH3 is 2. The molecule has 0 fully saturated rings. The van der Waals surface area contributed by atoms with Crippen LogP contribution in [-0.2, 0) is 16.6 Å². The molecule has 1 aromatic carbocycles. The normalized spacial score (nSPS) is 11.8. The molecule has 1 unspecified atom stereocenters. The van der Waals surface area contributed by atoms with Crippen molar-refractivity contribution >= 4 is 22.2 Å². The van der Waals surface area contributed by atoms with Crippen molar-refractivity contribution in [1.82, 2.24) is 4.98 Å². The predicted molar refractivity (Wildman–Crippen MR) is 98.0 cm³/mol. The Labute approximate surface area is 144 Å². The van der Waals surface area contributed by atoms with Gasteiger partial charge in [0.05, 0.1) is 42.9 Å². The topological polar surface area (TPSA) is 86.5 Å². The average molecular weight is 349 g/mol. The van der Waals surface area contributed by atoms with Crippen molar-refractivity contribution in [2.45, 2.75) is 19.6 Å². The van der Waals surface area contributed by atoms with Gasteiger partial charge in [-0.2, -0.15) is 0 Å². The number of benzene rings is 1. The van der Waals surface area contributed by atoms with Crippen molar-refractivity contribution in [2.75, 3.05) is 31.1 Å². The van der Waals surface area contributed by atoms with Gasteiger partial charge >= 0.3 is 0 Å². The molecule has 0 amide bonds. The average Bonchev–Trinajstić information content (AvgIpc) is 2.56. The Morgan fingerprint density at radius 3 is 2.62 bits per heavy atom. The SMILES string of the molecule is COc1ccc(NCS(=O)Cc2ncc(C)c(OC)c2C)c(N)c1. The first-order valence-electron chi connectivity index (χ1n) is 7.47. The maximum atomic E-state index is 12.4. The van der Waals surface area contributed by atoms with Crippen LogP contribution in [0.15, 0.2) is 24.4 Å². The fourth-order valence-electron chi connectivity index (χ4n) is 2.41. The minimum Gasteiger partial charge on any atom is -0.497 e. The van der Waals surface area contributed by atoms with E-state index in [4.69, 9.17) is 15.2 Å². The molecule has 130 valence electrons. The molecule has 0 saturated heterocycles. The van der Waals surface area contributed by atoms with Gasteiger partial charge in [0.1, 0.15) is 11.5 Å². The summed E-state index contributed by atoms with van der Waals surface area (Å²) in [7, 11) is 2.08. The molecular formula is C17H23N3O3S. The molecule has 0 aliphatic carbocycles. The first-order chi connectivity index (χ1) is 11.5. The molecule has 6 nitrogen and oxygen atoms in total. The van der Waals surface area contributed by atoms with Crippen molar-refractivity contribution in [3.05, 3.63) is 41.2 Å². The van der Waals surface area contributed by atoms with E-state index < -0.39 is 10.8 Å². The summed E-state index contributed by atoms with van der Waals surface area (Å²) in [4.78, 5) is 4.38. The highest BCUT2D eigenvalue weighted by Gasteiger charge is 2.12. The standard InChI is InChI=1S/C17H23N3O3S/c1-11-8-19-16(12(2)17(11)23-4)9-24(21)10-20-15-6-5-13(22-3)7-14(15)18/h5-8,20H,9-10,18H2,1-4H3. The van der Waals surface area contributed by atoms with Gasteiger partial charge in [0.25, 0.3) is 0 Å². The number of nitrogen functional groups attached to an aromatic ring is 1. The molecule has 0 bridgehead atoms. The Kier molecular flexibility index (Phi) is 6.03. The smallest absolute Gasteiger partial charge is 0.128 e. The van der Waals surface area contributed by atoms with E-state index in [1.165, 1.54) is 0 Å². The zero-order valence-electron chi connectivity index (χ0n) is 14.4. The Balaban J connectivity index is 2.02. The second kappa shape index (κ2) is 8.01. The van der Waals surface area contributed by atoms with Crippen LogP contribution in [0.3, 0.4) is 0 Å². The summed E-state index contributed by atoms with van der Waals surface area (Å²) in [6.07, 6.45) is 1.74. The van der Waals surface area contributed by atoms with E-state index in [-0.39, 0.29) is 5.88 Å². The molecule has 1 heterocycles. The second-order valence-electron chi connectivity index (χ2n) is 5.40. The molecule has 0 saturated carbocycles. The highest BCUT2D eigenvalue weighted by Crippen LogP contribution is 2.26. The summed E-state index contributed by atoms with van der Waals surface area (Å²) in [6, 6.07) is 5.34. The van der Waals surface area contributed by atoms with Gasteiger partial charge in [-0.3, -0.25) is 9.19 Å². The largest absolute Gasteiger partial charge is 0.497 e. The number of hydrogen-bond acceptors (Lipinski definition) is 6. The Morgan fingerprint density at radius 2 is 2.00 bits per heavy atom. The molecule has 0 radical (unpaired) electrons. The highest BCUT2D eigenvalue weighted by molar-refractivity contribution is 7.84. The maximum absolute atomic E-state index is 12.4. The fourth-order valence-corrected chi connectivity index (χ4v) is 3.42. The molecule has 1 aromatic heterocycles. The van der Waals surface area contributed by atoms with Crippen LogP contribution in [0, 0.1) is 13.8 Å². The van der Waals surface area contributed by atoms with E-state index in [0.29, 0.717) is 17.2 Å². The fraction of sp³-hybridized carbons (Fsp3) is 0.353. The first kappa shape index (κ1) is 18.1. The van der Waals surface area contributed by atoms with Crippen LogP contribution in [0.1, 0.15) is 16.8 Å². The molecule has 24 heavy (non-hydrogen) atoms. The molecule has 0 aliphatic rings. The van der Waals surface area contributed by atoms with Crippen LogP contribution in [0.5, 0.6) is 11.5 Å². The van der Waals surface area contributed by atoms with E-state index in [0.717, 1.165) is 28.3 Å². The lowest BCUT2D eigenvalue weighted by atomic mass is 10.1. The van der Waals surface area contributed by atoms with Crippen molar-refractivity contribution in [1.29, 1.82) is 0 Å². The van der Waals surface area contributed by atoms with Gasteiger partial charge in [0, 0.05) is 34.2 Å². The molecule has 3 N–H and O–H groups in total. The number of nitrogens with zero attached hydrogens (tertiary/aromatic N) is 1. The Morgan fingerprint density at radius 1 is 1.25 bits per heavy atom. The number of pyridine rings is 1. The zero-order valence-corrected chi connectivity index (χ0v) is 15.2. The van der Waals surface area contributed by atoms with Crippen LogP contribution < -0.4 is 20.5 Å². The monoisotopic (exact) mass is 349 g/mol. The van der Waals surface area contributed by atoms with Gasteiger partial charge in [-0.15, -0.1) is 0 Å². The zero-order chi connectivity index (χ0) is 17.7. The minimum absolute atomic E-state index is 0.286. The third-order valence-electron chi connectivity index (χ3n) is 3.73. The van der Waals surface area contributed by atoms with E-state index >= 15 is 0 Å². The molecule has 7 heteroatoms. The summed E-state index contributed by atoms with van der Waals surface area (Å²) in [5.74, 6) is 2.12. The third-order valence-corrected chi connectivity index (χ3v) is 4.79. The molecule has 0 aliphatic heterocycles. The second-order valence-corrected chi connectivity index (χ2v) is 6.86. The molecular weight excluding hydrogens is 326 g/mol. The highest BCUT2D eigenvalue weighted by atomic mass is 32.2. The van der Waals surface area contributed by atoms with Gasteiger partial charge < -0.3 is 20.5 Å². The van der Waals surface area contributed by atoms with Gasteiger partial charge in [0.2, 0.25) is 0 Å². The van der Waals surface area contributed by atoms with Crippen molar-refractivity contribution in [3.63, 3.8) is 0 Å². The number of hydrogen-bond donors (Lipinski definition) is 2. The lowest BCUT2D eigenvalue weighted by Gasteiger charge is -2.13. The summed E-state index contributed by atoms with van der Waals surface area (Å²) in [6.45, 7) is 3.87. The van der Waals surface area contributed by atoms with Crippen LogP contribution in [-0.4, -0.2) is 29.3 Å². The summed E-state index contributed by atoms with van der Waals surface area (Å²) < 4.78 is 22.9. The Bertz CT molecular complexity index is 750. The molecule has 0 spiro atoms. The van der Waals surface area contributed by atoms with Gasteiger partial charge in [-0.05, 0) is 26.0 Å². The molecule has 2 rings (SSSR count). The van der Waals surface area contributed by atoms with Gasteiger partial charge in [-0.25, -0.2) is 0 Å². The van der Waals surface area contributed by atoms with E-state index in [1.807, 2.05) is 19.9 Å². The van der Waals surface area contributed by atoms with E-state index in [1.54, 1.807) is 32.5 Å². The third kappa shape index (κ3) is 4.17. The predicted octanol–water partition coefficient (Wildman–Crippen LogP) is 2.62. The van der Waals surface area contributed by atoms with Gasteiger partial charge in [0.15, 0.2) is 0 Å². The lowest BCUT2D eigenvalue weighted by molar-refractivity contribution is 0.407. The summed E-state index contributed by atoms with van der Waals surface area (Å²) in [5, 5.41) is 3.10. The van der Waals surface area contributed by atoms with Crippen LogP contribution in [0.25, 0.3) is 0 Å². The molecule has 2 aromatic rings. The van der Waals surface area contributed by atoms with Gasteiger partial charge in [-0.1, -0.05) is 0 Å². The first-order valence-corrected chi connectivity index (χ1v) is 8.96. The lowest BCUT2D eigenvalue weighted by Crippen LogP contribution is -2.13. The van der Waals surface area contributed by atoms with Crippen LogP contribution in [0.4, 0.5) is 11.4 Å². The van der Waals surface area contributed by atoms with E-state index in [2.05, 4.69) is 10.3 Å². The quantitative estimate of drug-likeness (QED) is 0.747. The number of anilines is 2. The number of aromatic nitrogens is 1. The molecule has 1 atom stereocenters. The number of aryl methyl sites for hydroxylation is 1. The number of nitrogens with two attached hydrogens (primary N) is 1. The van der Waals surface area contributed by atoms with Crippen LogP contribution >= 0.6 is 0 Å². The Hall–Kier alpha value is -2.28. The maximum Gasteiger partial charge on any atom is 0.128 e. The number of nitrogens with one attached hydrogen (secondary N) is 1. The van der Waals surface area contributed by atoms with Crippen LogP contribution in [0.2, 0.25) is 0 Å². The summed E-state index contributed by atoms with van der Waals surface area (Å²) in [5.41, 5.74) is 9.90. The van der Waals surface area contributed by atoms with Crippen molar-refractivity contribution < 1.29 is 13.7 Å². The number of rotatable bonds is 7. The van der Waals surface area contributed by atoms with Crippen molar-refractivity contribution in [2.24, 2.45) is 0 Å². The minimum atomic E-state index is -1.13.